The second-order valence-corrected chi connectivity index (χ2v) is 8.74. The van der Waals surface area contributed by atoms with Crippen LogP contribution in [0.25, 0.3) is 33.3 Å². The van der Waals surface area contributed by atoms with Crippen molar-refractivity contribution in [2.75, 3.05) is 50.9 Å². The molecule has 0 saturated carbocycles. The Bertz CT molecular complexity index is 1400. The van der Waals surface area contributed by atoms with Crippen LogP contribution in [0.2, 0.25) is 0 Å². The maximum Gasteiger partial charge on any atom is 0.319 e. The van der Waals surface area contributed by atoms with Gasteiger partial charge in [-0.2, -0.15) is 0 Å². The summed E-state index contributed by atoms with van der Waals surface area (Å²) in [5, 5.41) is 0.823. The van der Waals surface area contributed by atoms with Crippen LogP contribution in [0.15, 0.2) is 61.1 Å². The van der Waals surface area contributed by atoms with Crippen molar-refractivity contribution in [2.24, 2.45) is 0 Å². The number of carbonyl (C=O) groups is 1. The molecule has 1 saturated heterocycles. The molecule has 0 spiro atoms. The molecule has 2 N–H and O–H groups in total. The molecule has 1 aliphatic rings. The zero-order chi connectivity index (χ0) is 24.5. The van der Waals surface area contributed by atoms with Crippen molar-refractivity contribution in [2.45, 2.75) is 0 Å². The van der Waals surface area contributed by atoms with Crippen LogP contribution in [0.1, 0.15) is 0 Å². The molecule has 1 aliphatic heterocycles. The van der Waals surface area contributed by atoms with E-state index in [1.165, 1.54) is 12.4 Å². The average molecular weight is 472 g/mol. The lowest BCUT2D eigenvalue weighted by Gasteiger charge is -2.37. The van der Waals surface area contributed by atoms with Crippen molar-refractivity contribution in [1.82, 2.24) is 24.8 Å². The van der Waals surface area contributed by atoms with Crippen LogP contribution in [-0.2, 0) is 0 Å². The number of amides is 2. The highest BCUT2D eigenvalue weighted by Gasteiger charge is 2.24. The van der Waals surface area contributed by atoms with E-state index in [2.05, 4.69) is 15.0 Å². The van der Waals surface area contributed by atoms with E-state index in [0.717, 1.165) is 22.0 Å². The molecule has 178 valence electrons. The lowest BCUT2D eigenvalue weighted by Crippen LogP contribution is -2.51. The Hall–Kier alpha value is -4.27. The van der Waals surface area contributed by atoms with Gasteiger partial charge in [-0.1, -0.05) is 12.1 Å². The van der Waals surface area contributed by atoms with Crippen LogP contribution in [0, 0.1) is 5.82 Å². The Morgan fingerprint density at radius 2 is 1.66 bits per heavy atom. The van der Waals surface area contributed by atoms with Crippen molar-refractivity contribution < 1.29 is 9.18 Å². The molecule has 9 heteroatoms. The monoisotopic (exact) mass is 471 g/mol. The zero-order valence-electron chi connectivity index (χ0n) is 19.6. The van der Waals surface area contributed by atoms with Crippen LogP contribution >= 0.6 is 0 Å². The van der Waals surface area contributed by atoms with Gasteiger partial charge in [-0.15, -0.1) is 0 Å². The van der Waals surface area contributed by atoms with Crippen LogP contribution in [0.5, 0.6) is 0 Å². The van der Waals surface area contributed by atoms with E-state index in [4.69, 9.17) is 5.73 Å². The highest BCUT2D eigenvalue weighted by molar-refractivity contribution is 5.95. The third kappa shape index (κ3) is 4.44. The third-order valence-corrected chi connectivity index (χ3v) is 6.24. The molecule has 2 aromatic carbocycles. The number of nitrogens with two attached hydrogens (primary N) is 1. The van der Waals surface area contributed by atoms with Crippen molar-refractivity contribution in [3.63, 3.8) is 0 Å². The molecule has 0 unspecified atom stereocenters. The van der Waals surface area contributed by atoms with Gasteiger partial charge in [0.15, 0.2) is 0 Å². The van der Waals surface area contributed by atoms with Crippen molar-refractivity contribution >= 4 is 28.4 Å². The van der Waals surface area contributed by atoms with Gasteiger partial charge in [0.1, 0.15) is 18.0 Å². The molecular weight excluding hydrogens is 445 g/mol. The summed E-state index contributed by atoms with van der Waals surface area (Å²) in [5.74, 6) is 0.122. The van der Waals surface area contributed by atoms with E-state index < -0.39 is 0 Å². The van der Waals surface area contributed by atoms with Crippen molar-refractivity contribution in [3.05, 3.63) is 66.9 Å². The summed E-state index contributed by atoms with van der Waals surface area (Å²) in [5.41, 5.74) is 10.4. The first kappa shape index (κ1) is 22.5. The quantitative estimate of drug-likeness (QED) is 0.488. The maximum atomic E-state index is 15.3. The van der Waals surface area contributed by atoms with Gasteiger partial charge in [0, 0.05) is 57.4 Å². The number of piperazine rings is 1. The fourth-order valence-corrected chi connectivity index (χ4v) is 4.43. The number of nitrogens with zero attached hydrogens (tertiary/aromatic N) is 6. The molecule has 0 radical (unpaired) electrons. The number of fused-ring (bicyclic) bond motifs is 1. The molecule has 0 atom stereocenters. The Morgan fingerprint density at radius 1 is 0.914 bits per heavy atom. The lowest BCUT2D eigenvalue weighted by atomic mass is 10.0. The van der Waals surface area contributed by atoms with E-state index in [-0.39, 0.29) is 11.8 Å². The van der Waals surface area contributed by atoms with Gasteiger partial charge in [0.25, 0.3) is 0 Å². The first-order valence-corrected chi connectivity index (χ1v) is 11.4. The van der Waals surface area contributed by atoms with E-state index in [0.29, 0.717) is 48.9 Å². The summed E-state index contributed by atoms with van der Waals surface area (Å²) in [6.07, 6.45) is 3.16. The van der Waals surface area contributed by atoms with E-state index in [1.54, 1.807) is 36.2 Å². The van der Waals surface area contributed by atoms with Crippen molar-refractivity contribution in [3.8, 4) is 22.4 Å². The standard InChI is InChI=1S/C26H26FN7O/c1-32(2)26(35)34-11-9-33(10-12-34)23-6-4-19(14-21(23)27)25-20-13-17(3-5-22(20)30-16-31-25)18-7-8-29-24(28)15-18/h3-8,13-16H,9-12H2,1-2H3,(H2,28,29). The highest BCUT2D eigenvalue weighted by atomic mass is 19.1. The second-order valence-electron chi connectivity index (χ2n) is 8.74. The second kappa shape index (κ2) is 9.17. The number of carbonyl (C=O) groups excluding carboxylic acids is 1. The normalized spacial score (nSPS) is 13.8. The number of halogens is 1. The van der Waals surface area contributed by atoms with E-state index in [9.17, 15) is 4.79 Å². The summed E-state index contributed by atoms with van der Waals surface area (Å²) in [6, 6.07) is 14.8. The Kier molecular flexibility index (Phi) is 5.90. The van der Waals surface area contributed by atoms with E-state index >= 15 is 4.39 Å². The average Bonchev–Trinajstić information content (AvgIpc) is 2.87. The molecular formula is C26H26FN7O. The van der Waals surface area contributed by atoms with Gasteiger partial charge < -0.3 is 20.4 Å². The Balaban J connectivity index is 1.44. The molecule has 4 aromatic rings. The molecule has 1 fully saturated rings. The predicted octanol–water partition coefficient (Wildman–Crippen LogP) is 3.88. The number of urea groups is 1. The van der Waals surface area contributed by atoms with Gasteiger partial charge in [0.2, 0.25) is 0 Å². The number of hydrogen-bond donors (Lipinski definition) is 1. The highest BCUT2D eigenvalue weighted by Crippen LogP contribution is 2.32. The molecule has 5 rings (SSSR count). The smallest absolute Gasteiger partial charge is 0.319 e. The molecule has 3 heterocycles. The number of hydrogen-bond acceptors (Lipinski definition) is 6. The third-order valence-electron chi connectivity index (χ3n) is 6.24. The van der Waals surface area contributed by atoms with Crippen LogP contribution in [0.3, 0.4) is 0 Å². The first-order chi connectivity index (χ1) is 16.9. The first-order valence-electron chi connectivity index (χ1n) is 11.4. The van der Waals surface area contributed by atoms with Crippen LogP contribution < -0.4 is 10.6 Å². The Morgan fingerprint density at radius 3 is 2.37 bits per heavy atom. The zero-order valence-corrected chi connectivity index (χ0v) is 19.6. The molecule has 0 bridgehead atoms. The Labute approximate surface area is 202 Å². The SMILES string of the molecule is CN(C)C(=O)N1CCN(c2ccc(-c3ncnc4ccc(-c5ccnc(N)c5)cc34)cc2F)CC1. The van der Waals surface area contributed by atoms with E-state index in [1.807, 2.05) is 41.3 Å². The molecule has 0 aliphatic carbocycles. The van der Waals surface area contributed by atoms with Gasteiger partial charge >= 0.3 is 6.03 Å². The number of aromatic nitrogens is 3. The summed E-state index contributed by atoms with van der Waals surface area (Å²) in [6.45, 7) is 2.25. The lowest BCUT2D eigenvalue weighted by molar-refractivity contribution is 0.168. The summed E-state index contributed by atoms with van der Waals surface area (Å²) in [7, 11) is 3.47. The van der Waals surface area contributed by atoms with Crippen LogP contribution in [-0.4, -0.2) is 71.1 Å². The van der Waals surface area contributed by atoms with Gasteiger partial charge in [-0.05, 0) is 47.5 Å². The fraction of sp³-hybridized carbons (Fsp3) is 0.231. The topological polar surface area (TPSA) is 91.5 Å². The fourth-order valence-electron chi connectivity index (χ4n) is 4.43. The molecule has 35 heavy (non-hydrogen) atoms. The number of pyridine rings is 1. The number of nitrogen functional groups attached to an aromatic ring is 1. The van der Waals surface area contributed by atoms with Crippen molar-refractivity contribution in [1.29, 1.82) is 0 Å². The molecule has 8 nitrogen and oxygen atoms in total. The number of anilines is 2. The summed E-state index contributed by atoms with van der Waals surface area (Å²) in [4.78, 5) is 30.4. The molecule has 2 amide bonds. The minimum Gasteiger partial charge on any atom is -0.384 e. The minimum absolute atomic E-state index is 0.0232. The maximum absolute atomic E-state index is 15.3. The molecule has 2 aromatic heterocycles. The van der Waals surface area contributed by atoms with Gasteiger partial charge in [0.05, 0.1) is 16.9 Å². The minimum atomic E-state index is -0.320. The summed E-state index contributed by atoms with van der Waals surface area (Å²) < 4.78 is 15.3. The van der Waals surface area contributed by atoms with Crippen LogP contribution in [0.4, 0.5) is 20.7 Å². The largest absolute Gasteiger partial charge is 0.384 e. The van der Waals surface area contributed by atoms with Gasteiger partial charge in [-0.25, -0.2) is 24.1 Å². The number of benzene rings is 2. The predicted molar refractivity (Wildman–Crippen MR) is 135 cm³/mol. The number of rotatable bonds is 3. The summed E-state index contributed by atoms with van der Waals surface area (Å²) >= 11 is 0. The van der Waals surface area contributed by atoms with Gasteiger partial charge in [-0.3, -0.25) is 0 Å².